The zero-order valence-corrected chi connectivity index (χ0v) is 19.6. The lowest BCUT2D eigenvalue weighted by Gasteiger charge is -2.27. The van der Waals surface area contributed by atoms with Gasteiger partial charge in [-0.05, 0) is 48.7 Å². The predicted molar refractivity (Wildman–Crippen MR) is 126 cm³/mol. The Morgan fingerprint density at radius 1 is 1.21 bits per heavy atom. The molecule has 5 rings (SSSR count). The second kappa shape index (κ2) is 8.48. The lowest BCUT2D eigenvalue weighted by atomic mass is 9.92. The number of Topliss-reactive ketones (excluding diaryl/α,β-unsaturated/α-hetero) is 1. The normalized spacial score (nSPS) is 20.6. The number of benzene rings is 2. The average molecular weight is 500 g/mol. The van der Waals surface area contributed by atoms with Crippen molar-refractivity contribution in [2.45, 2.75) is 31.8 Å². The van der Waals surface area contributed by atoms with Crippen LogP contribution in [0, 0.1) is 5.82 Å². The van der Waals surface area contributed by atoms with E-state index in [2.05, 4.69) is 4.98 Å². The van der Waals surface area contributed by atoms with Gasteiger partial charge in [-0.25, -0.2) is 9.37 Å². The molecule has 0 radical (unpaired) electrons. The highest BCUT2D eigenvalue weighted by atomic mass is 35.5. The number of hydrogen-bond acceptors (Lipinski definition) is 6. The Hall–Kier alpha value is -3.30. The SMILES string of the molecule is CC(=O)N1CCCC1C(=O)C1=C(O)C(=O)N(c2nc3ccc(F)cc3s2)C1c1ccc(Cl)cc1. The number of carbonyl (C=O) groups excluding carboxylic acids is 3. The molecule has 174 valence electrons. The van der Waals surface area contributed by atoms with Crippen LogP contribution in [0.3, 0.4) is 0 Å². The van der Waals surface area contributed by atoms with Crippen molar-refractivity contribution in [3.8, 4) is 0 Å². The second-order valence-electron chi connectivity index (χ2n) is 8.23. The van der Waals surface area contributed by atoms with Crippen molar-refractivity contribution < 1.29 is 23.9 Å². The Labute approximate surface area is 203 Å². The molecule has 1 N–H and O–H groups in total. The molecule has 2 unspecified atom stereocenters. The number of carbonyl (C=O) groups is 3. The molecule has 3 heterocycles. The molecular weight excluding hydrogens is 481 g/mol. The van der Waals surface area contributed by atoms with Crippen LogP contribution in [0.5, 0.6) is 0 Å². The maximum absolute atomic E-state index is 13.7. The highest BCUT2D eigenvalue weighted by Gasteiger charge is 2.48. The number of rotatable bonds is 4. The number of aliphatic hydroxyl groups excluding tert-OH is 1. The van der Waals surface area contributed by atoms with E-state index in [-0.39, 0.29) is 16.6 Å². The van der Waals surface area contributed by atoms with Gasteiger partial charge >= 0.3 is 0 Å². The average Bonchev–Trinajstić information content (AvgIpc) is 3.50. The molecule has 1 aromatic heterocycles. The summed E-state index contributed by atoms with van der Waals surface area (Å²) in [6.45, 7) is 1.83. The summed E-state index contributed by atoms with van der Waals surface area (Å²) >= 11 is 7.14. The molecule has 2 aliphatic heterocycles. The molecule has 0 saturated carbocycles. The van der Waals surface area contributed by atoms with Gasteiger partial charge in [-0.3, -0.25) is 19.3 Å². The number of likely N-dealkylation sites (tertiary alicyclic amines) is 1. The van der Waals surface area contributed by atoms with Crippen LogP contribution in [0.25, 0.3) is 10.2 Å². The Bertz CT molecular complexity index is 1370. The maximum Gasteiger partial charge on any atom is 0.296 e. The van der Waals surface area contributed by atoms with Crippen LogP contribution >= 0.6 is 22.9 Å². The van der Waals surface area contributed by atoms with Gasteiger partial charge in [0.25, 0.3) is 5.91 Å². The van der Waals surface area contributed by atoms with Crippen molar-refractivity contribution in [3.63, 3.8) is 0 Å². The number of fused-ring (bicyclic) bond motifs is 1. The van der Waals surface area contributed by atoms with Gasteiger partial charge in [0.05, 0.1) is 27.9 Å². The van der Waals surface area contributed by atoms with Gasteiger partial charge in [-0.2, -0.15) is 0 Å². The summed E-state index contributed by atoms with van der Waals surface area (Å²) in [5, 5.41) is 11.6. The van der Waals surface area contributed by atoms with Crippen molar-refractivity contribution in [1.29, 1.82) is 0 Å². The lowest BCUT2D eigenvalue weighted by molar-refractivity contribution is -0.134. The van der Waals surface area contributed by atoms with E-state index in [0.29, 0.717) is 40.2 Å². The van der Waals surface area contributed by atoms with Crippen molar-refractivity contribution in [1.82, 2.24) is 9.88 Å². The molecule has 2 aromatic carbocycles. The van der Waals surface area contributed by atoms with Crippen molar-refractivity contribution in [3.05, 3.63) is 70.2 Å². The summed E-state index contributed by atoms with van der Waals surface area (Å²) in [6.07, 6.45) is 1.09. The molecule has 0 spiro atoms. The van der Waals surface area contributed by atoms with Crippen molar-refractivity contribution in [2.75, 3.05) is 11.4 Å². The number of ketones is 1. The van der Waals surface area contributed by atoms with Crippen LogP contribution in [0.4, 0.5) is 9.52 Å². The van der Waals surface area contributed by atoms with Crippen molar-refractivity contribution >= 4 is 55.9 Å². The molecule has 2 amide bonds. The van der Waals surface area contributed by atoms with Crippen LogP contribution in [0.1, 0.15) is 31.4 Å². The van der Waals surface area contributed by atoms with Crippen LogP contribution in [-0.2, 0) is 14.4 Å². The second-order valence-corrected chi connectivity index (χ2v) is 9.68. The first kappa shape index (κ1) is 22.5. The summed E-state index contributed by atoms with van der Waals surface area (Å²) in [7, 11) is 0. The Balaban J connectivity index is 1.64. The molecule has 7 nitrogen and oxygen atoms in total. The molecule has 2 aliphatic rings. The minimum absolute atomic E-state index is 0.0871. The van der Waals surface area contributed by atoms with Crippen LogP contribution in [0.2, 0.25) is 5.02 Å². The quantitative estimate of drug-likeness (QED) is 0.568. The number of thiazole rings is 1. The van der Waals surface area contributed by atoms with Crippen LogP contribution in [-0.4, -0.2) is 45.2 Å². The number of hydrogen-bond donors (Lipinski definition) is 1. The van der Waals surface area contributed by atoms with Crippen LogP contribution < -0.4 is 4.90 Å². The number of aliphatic hydroxyl groups is 1. The molecule has 0 bridgehead atoms. The third kappa shape index (κ3) is 3.65. The van der Waals surface area contributed by atoms with E-state index in [0.717, 1.165) is 11.3 Å². The number of anilines is 1. The third-order valence-corrected chi connectivity index (χ3v) is 7.43. The number of aromatic nitrogens is 1. The highest BCUT2D eigenvalue weighted by molar-refractivity contribution is 7.22. The van der Waals surface area contributed by atoms with E-state index in [1.54, 1.807) is 24.3 Å². The summed E-state index contributed by atoms with van der Waals surface area (Å²) in [4.78, 5) is 46.2. The summed E-state index contributed by atoms with van der Waals surface area (Å²) < 4.78 is 14.3. The summed E-state index contributed by atoms with van der Waals surface area (Å²) in [6, 6.07) is 8.95. The van der Waals surface area contributed by atoms with E-state index in [9.17, 15) is 23.9 Å². The fraction of sp³-hybridized carbons (Fsp3) is 0.250. The monoisotopic (exact) mass is 499 g/mol. The van der Waals surface area contributed by atoms with Gasteiger partial charge < -0.3 is 10.0 Å². The molecule has 34 heavy (non-hydrogen) atoms. The third-order valence-electron chi connectivity index (χ3n) is 6.16. The molecular formula is C24H19ClFN3O4S. The largest absolute Gasteiger partial charge is 0.503 e. The predicted octanol–water partition coefficient (Wildman–Crippen LogP) is 4.57. The van der Waals surface area contributed by atoms with Gasteiger partial charge in [-0.15, -0.1) is 0 Å². The molecule has 0 aliphatic carbocycles. The first-order chi connectivity index (χ1) is 16.3. The Morgan fingerprint density at radius 2 is 1.94 bits per heavy atom. The van der Waals surface area contributed by atoms with Gasteiger partial charge in [0, 0.05) is 18.5 Å². The minimum Gasteiger partial charge on any atom is -0.503 e. The fourth-order valence-corrected chi connectivity index (χ4v) is 5.74. The first-order valence-corrected chi connectivity index (χ1v) is 11.9. The van der Waals surface area contributed by atoms with Crippen molar-refractivity contribution in [2.24, 2.45) is 0 Å². The zero-order chi connectivity index (χ0) is 24.1. The first-order valence-electron chi connectivity index (χ1n) is 10.7. The highest BCUT2D eigenvalue weighted by Crippen LogP contribution is 2.44. The zero-order valence-electron chi connectivity index (χ0n) is 18.0. The van der Waals surface area contributed by atoms with E-state index in [1.165, 1.54) is 34.9 Å². The standard InChI is InChI=1S/C24H19ClFN3O4S/c1-12(30)28-10-2-3-17(28)21(31)19-20(13-4-6-14(25)7-5-13)29(23(33)22(19)32)24-27-16-9-8-15(26)11-18(16)34-24/h4-9,11,17,20,32H,2-3,10H2,1H3. The van der Waals surface area contributed by atoms with E-state index < -0.39 is 35.4 Å². The van der Waals surface area contributed by atoms with E-state index >= 15 is 0 Å². The van der Waals surface area contributed by atoms with Gasteiger partial charge in [0.1, 0.15) is 5.82 Å². The molecule has 2 atom stereocenters. The number of nitrogens with zero attached hydrogens (tertiary/aromatic N) is 3. The Morgan fingerprint density at radius 3 is 2.65 bits per heavy atom. The maximum atomic E-state index is 13.7. The van der Waals surface area contributed by atoms with Gasteiger partial charge in [-0.1, -0.05) is 35.1 Å². The smallest absolute Gasteiger partial charge is 0.296 e. The van der Waals surface area contributed by atoms with Gasteiger partial charge in [0.2, 0.25) is 5.91 Å². The van der Waals surface area contributed by atoms with E-state index in [1.807, 2.05) is 0 Å². The molecule has 3 aromatic rings. The van der Waals surface area contributed by atoms with Gasteiger partial charge in [0.15, 0.2) is 16.7 Å². The summed E-state index contributed by atoms with van der Waals surface area (Å²) in [5.74, 6) is -2.62. The minimum atomic E-state index is -0.975. The Kier molecular flexibility index (Phi) is 5.61. The molecule has 1 saturated heterocycles. The molecule has 1 fully saturated rings. The lowest BCUT2D eigenvalue weighted by Crippen LogP contribution is -2.41. The number of halogens is 2. The number of amides is 2. The fourth-order valence-electron chi connectivity index (χ4n) is 4.60. The van der Waals surface area contributed by atoms with E-state index in [4.69, 9.17) is 11.6 Å². The van der Waals surface area contributed by atoms with Crippen LogP contribution in [0.15, 0.2) is 53.8 Å². The topological polar surface area (TPSA) is 90.8 Å². The molecule has 10 heteroatoms. The summed E-state index contributed by atoms with van der Waals surface area (Å²) in [5.41, 5.74) is 0.945.